The summed E-state index contributed by atoms with van der Waals surface area (Å²) < 4.78 is 11.5. The Labute approximate surface area is 164 Å². The molecule has 0 bridgehead atoms. The van der Waals surface area contributed by atoms with E-state index < -0.39 is 0 Å². The molecule has 0 radical (unpaired) electrons. The summed E-state index contributed by atoms with van der Waals surface area (Å²) in [6.45, 7) is 7.03. The third-order valence-electron chi connectivity index (χ3n) is 4.44. The highest BCUT2D eigenvalue weighted by Gasteiger charge is 2.30. The first kappa shape index (κ1) is 20.0. The monoisotopic (exact) mass is 385 g/mol. The van der Waals surface area contributed by atoms with Gasteiger partial charge in [-0.15, -0.1) is 0 Å². The fourth-order valence-electron chi connectivity index (χ4n) is 3.09. The van der Waals surface area contributed by atoms with E-state index in [0.29, 0.717) is 31.3 Å². The Morgan fingerprint density at radius 2 is 2.21 bits per heavy atom. The highest BCUT2D eigenvalue weighted by atomic mass is 16.5. The zero-order valence-electron chi connectivity index (χ0n) is 16.5. The van der Waals surface area contributed by atoms with Crippen LogP contribution in [0.15, 0.2) is 24.4 Å². The molecule has 2 atom stereocenters. The number of rotatable bonds is 6. The van der Waals surface area contributed by atoms with Crippen LogP contribution in [0, 0.1) is 12.8 Å². The van der Waals surface area contributed by atoms with E-state index in [1.165, 1.54) is 0 Å². The molecule has 8 heteroatoms. The van der Waals surface area contributed by atoms with Gasteiger partial charge in [0, 0.05) is 18.0 Å². The van der Waals surface area contributed by atoms with Crippen LogP contribution in [0.1, 0.15) is 42.1 Å². The zero-order chi connectivity index (χ0) is 20.1. The third kappa shape index (κ3) is 5.39. The standard InChI is InChI=1S/C20H27N5O3/c1-12(2)8-14-9-17(25-20(21)23-14)19(26)24-16-6-7-27-11-18(16)28-15-5-4-13(3)22-10-15/h4-5,9-10,12,16,18H,6-8,11H2,1-3H3,(H,24,26)(H2,21,23,25)/t16-,18+/m0/s1. The molecule has 8 nitrogen and oxygen atoms in total. The molecule has 0 saturated carbocycles. The van der Waals surface area contributed by atoms with E-state index in [-0.39, 0.29) is 29.7 Å². The summed E-state index contributed by atoms with van der Waals surface area (Å²) in [4.78, 5) is 25.3. The fourth-order valence-corrected chi connectivity index (χ4v) is 3.09. The highest BCUT2D eigenvalue weighted by molar-refractivity contribution is 5.92. The van der Waals surface area contributed by atoms with E-state index >= 15 is 0 Å². The molecule has 1 aliphatic rings. The lowest BCUT2D eigenvalue weighted by Crippen LogP contribution is -2.51. The van der Waals surface area contributed by atoms with Gasteiger partial charge < -0.3 is 20.5 Å². The van der Waals surface area contributed by atoms with Gasteiger partial charge in [-0.25, -0.2) is 9.97 Å². The number of hydrogen-bond acceptors (Lipinski definition) is 7. The number of nitrogens with one attached hydrogen (secondary N) is 1. The minimum Gasteiger partial charge on any atom is -0.484 e. The van der Waals surface area contributed by atoms with Crippen molar-refractivity contribution in [1.82, 2.24) is 20.3 Å². The fraction of sp³-hybridized carbons (Fsp3) is 0.500. The molecule has 3 N–H and O–H groups in total. The van der Waals surface area contributed by atoms with Crippen LogP contribution in [0.2, 0.25) is 0 Å². The second kappa shape index (κ2) is 8.97. The lowest BCUT2D eigenvalue weighted by atomic mass is 10.1. The van der Waals surface area contributed by atoms with Gasteiger partial charge in [-0.1, -0.05) is 13.8 Å². The van der Waals surface area contributed by atoms with E-state index in [1.54, 1.807) is 12.3 Å². The molecule has 0 spiro atoms. The average Bonchev–Trinajstić information content (AvgIpc) is 2.64. The minimum atomic E-state index is -0.309. The number of nitrogen functional groups attached to an aromatic ring is 1. The molecule has 2 aromatic rings. The maximum absolute atomic E-state index is 12.8. The van der Waals surface area contributed by atoms with E-state index in [4.69, 9.17) is 15.2 Å². The van der Waals surface area contributed by atoms with E-state index in [1.807, 2.05) is 19.1 Å². The minimum absolute atomic E-state index is 0.105. The predicted molar refractivity (Wildman–Crippen MR) is 105 cm³/mol. The summed E-state index contributed by atoms with van der Waals surface area (Å²) in [5, 5.41) is 3.01. The Hall–Kier alpha value is -2.74. The van der Waals surface area contributed by atoms with Crippen LogP contribution in [-0.4, -0.2) is 46.2 Å². The van der Waals surface area contributed by atoms with Gasteiger partial charge in [0.25, 0.3) is 5.91 Å². The largest absolute Gasteiger partial charge is 0.484 e. The first-order chi connectivity index (χ1) is 13.4. The van der Waals surface area contributed by atoms with Crippen molar-refractivity contribution < 1.29 is 14.3 Å². The summed E-state index contributed by atoms with van der Waals surface area (Å²) in [6, 6.07) is 5.24. The van der Waals surface area contributed by atoms with Crippen molar-refractivity contribution in [2.45, 2.75) is 45.8 Å². The average molecular weight is 385 g/mol. The lowest BCUT2D eigenvalue weighted by molar-refractivity contribution is -0.0137. The molecule has 0 aromatic carbocycles. The second-order valence-electron chi connectivity index (χ2n) is 7.44. The number of carbonyl (C=O) groups excluding carboxylic acids is 1. The van der Waals surface area contributed by atoms with E-state index in [0.717, 1.165) is 17.8 Å². The highest BCUT2D eigenvalue weighted by Crippen LogP contribution is 2.18. The Kier molecular flexibility index (Phi) is 6.41. The Bertz CT molecular complexity index is 810. The van der Waals surface area contributed by atoms with Crippen LogP contribution in [0.5, 0.6) is 5.75 Å². The Morgan fingerprint density at radius 3 is 2.93 bits per heavy atom. The molecule has 3 heterocycles. The van der Waals surface area contributed by atoms with Crippen molar-refractivity contribution in [3.05, 3.63) is 41.5 Å². The Balaban J connectivity index is 1.70. The summed E-state index contributed by atoms with van der Waals surface area (Å²) in [6.07, 6.45) is 2.74. The molecule has 150 valence electrons. The number of carbonyl (C=O) groups is 1. The zero-order valence-corrected chi connectivity index (χ0v) is 16.5. The molecule has 1 fully saturated rings. The first-order valence-electron chi connectivity index (χ1n) is 9.52. The van der Waals surface area contributed by atoms with Gasteiger partial charge in [0.2, 0.25) is 5.95 Å². The van der Waals surface area contributed by atoms with Crippen LogP contribution >= 0.6 is 0 Å². The normalized spacial score (nSPS) is 19.4. The van der Waals surface area contributed by atoms with Crippen LogP contribution in [0.3, 0.4) is 0 Å². The summed E-state index contributed by atoms with van der Waals surface area (Å²) in [5.41, 5.74) is 7.74. The molecule has 3 rings (SSSR count). The molecular weight excluding hydrogens is 358 g/mol. The molecule has 1 saturated heterocycles. The number of aryl methyl sites for hydroxylation is 1. The van der Waals surface area contributed by atoms with Crippen molar-refractivity contribution in [2.24, 2.45) is 5.92 Å². The number of ether oxygens (including phenoxy) is 2. The van der Waals surface area contributed by atoms with Gasteiger partial charge in [-0.2, -0.15) is 0 Å². The van der Waals surface area contributed by atoms with Crippen LogP contribution < -0.4 is 15.8 Å². The van der Waals surface area contributed by atoms with Crippen LogP contribution in [0.4, 0.5) is 5.95 Å². The molecule has 0 aliphatic carbocycles. The quantitative estimate of drug-likeness (QED) is 0.781. The van der Waals surface area contributed by atoms with Gasteiger partial charge >= 0.3 is 0 Å². The third-order valence-corrected chi connectivity index (χ3v) is 4.44. The maximum atomic E-state index is 12.8. The molecule has 1 amide bonds. The molecular formula is C20H27N5O3. The molecule has 0 unspecified atom stereocenters. The Morgan fingerprint density at radius 1 is 1.39 bits per heavy atom. The van der Waals surface area contributed by atoms with Gasteiger partial charge in [-0.05, 0) is 43.9 Å². The molecule has 2 aromatic heterocycles. The van der Waals surface area contributed by atoms with Crippen LogP contribution in [0.25, 0.3) is 0 Å². The number of hydrogen-bond donors (Lipinski definition) is 2. The van der Waals surface area contributed by atoms with Crippen molar-refractivity contribution in [2.75, 3.05) is 18.9 Å². The molecule has 28 heavy (non-hydrogen) atoms. The van der Waals surface area contributed by atoms with Crippen LogP contribution in [-0.2, 0) is 11.2 Å². The van der Waals surface area contributed by atoms with Gasteiger partial charge in [0.1, 0.15) is 17.5 Å². The lowest BCUT2D eigenvalue weighted by Gasteiger charge is -2.32. The van der Waals surface area contributed by atoms with Gasteiger partial charge in [0.05, 0.1) is 18.8 Å². The second-order valence-corrected chi connectivity index (χ2v) is 7.44. The summed E-state index contributed by atoms with van der Waals surface area (Å²) >= 11 is 0. The topological polar surface area (TPSA) is 112 Å². The van der Waals surface area contributed by atoms with E-state index in [9.17, 15) is 4.79 Å². The van der Waals surface area contributed by atoms with Crippen molar-refractivity contribution in [3.63, 3.8) is 0 Å². The predicted octanol–water partition coefficient (Wildman–Crippen LogP) is 1.93. The maximum Gasteiger partial charge on any atom is 0.270 e. The number of aromatic nitrogens is 3. The smallest absolute Gasteiger partial charge is 0.270 e. The molecule has 1 aliphatic heterocycles. The summed E-state index contributed by atoms with van der Waals surface area (Å²) in [5.74, 6) is 0.864. The van der Waals surface area contributed by atoms with Gasteiger partial charge in [0.15, 0.2) is 0 Å². The first-order valence-corrected chi connectivity index (χ1v) is 9.52. The van der Waals surface area contributed by atoms with Crippen molar-refractivity contribution in [3.8, 4) is 5.75 Å². The SMILES string of the molecule is Cc1ccc(O[C@@H]2COCC[C@@H]2NC(=O)c2cc(CC(C)C)nc(N)n2)cn1. The van der Waals surface area contributed by atoms with Gasteiger partial charge in [-0.3, -0.25) is 9.78 Å². The number of amides is 1. The number of nitrogens with two attached hydrogens (primary N) is 1. The summed E-state index contributed by atoms with van der Waals surface area (Å²) in [7, 11) is 0. The van der Waals surface area contributed by atoms with E-state index in [2.05, 4.69) is 34.1 Å². The number of nitrogens with zero attached hydrogens (tertiary/aromatic N) is 3. The number of pyridine rings is 1. The van der Waals surface area contributed by atoms with Crippen molar-refractivity contribution in [1.29, 1.82) is 0 Å². The number of anilines is 1. The van der Waals surface area contributed by atoms with Crippen molar-refractivity contribution >= 4 is 11.9 Å².